The Bertz CT molecular complexity index is 452. The third kappa shape index (κ3) is 1.01. The Hall–Kier alpha value is -0.330. The fraction of sp³-hybridized carbons (Fsp3) is 0.944. The standard InChI is InChI=1S/C18H24O/c19-17(11-1-2-11)18-8-10-4-13-12-3-9(6-15(13)18)7-16(18)14(12)5-10/h9-16H,1-8H2/t9?,10?,12?,13-,14+,15?,16?,18?. The lowest BCUT2D eigenvalue weighted by Crippen LogP contribution is -2.70. The fourth-order valence-corrected chi connectivity index (χ4v) is 8.15. The van der Waals surface area contributed by atoms with Crippen LogP contribution in [-0.2, 0) is 4.79 Å². The maximum absolute atomic E-state index is 13.2. The second-order valence-electron chi connectivity index (χ2n) is 9.00. The highest BCUT2D eigenvalue weighted by Crippen LogP contribution is 2.76. The number of hydrogen-bond donors (Lipinski definition) is 0. The Morgan fingerprint density at radius 2 is 1.42 bits per heavy atom. The number of ketones is 1. The van der Waals surface area contributed by atoms with E-state index in [-0.39, 0.29) is 5.41 Å². The molecule has 8 bridgehead atoms. The number of Topliss-reactive ketones (excluding diaryl/α,β-unsaturated/α-hetero) is 1. The molecular formula is C18H24O. The molecule has 6 unspecified atom stereocenters. The molecule has 8 saturated carbocycles. The highest BCUT2D eigenvalue weighted by Gasteiger charge is 2.72. The molecule has 0 aromatic carbocycles. The molecule has 8 fully saturated rings. The van der Waals surface area contributed by atoms with Crippen LogP contribution in [0, 0.1) is 52.8 Å². The highest BCUT2D eigenvalue weighted by atomic mass is 16.1. The molecule has 1 heteroatoms. The van der Waals surface area contributed by atoms with Crippen LogP contribution in [0.5, 0.6) is 0 Å². The number of hydrogen-bond acceptors (Lipinski definition) is 1. The minimum Gasteiger partial charge on any atom is -0.299 e. The van der Waals surface area contributed by atoms with Crippen LogP contribution < -0.4 is 0 Å². The van der Waals surface area contributed by atoms with Crippen molar-refractivity contribution in [2.75, 3.05) is 0 Å². The molecule has 0 aromatic rings. The lowest BCUT2D eigenvalue weighted by Gasteiger charge is -2.74. The predicted molar refractivity (Wildman–Crippen MR) is 72.3 cm³/mol. The smallest absolute Gasteiger partial charge is 0.142 e. The first kappa shape index (κ1) is 10.4. The van der Waals surface area contributed by atoms with Crippen LogP contribution in [0.15, 0.2) is 0 Å². The summed E-state index contributed by atoms with van der Waals surface area (Å²) in [5.74, 6) is 7.95. The Morgan fingerprint density at radius 3 is 2.05 bits per heavy atom. The Morgan fingerprint density at radius 1 is 0.789 bits per heavy atom. The van der Waals surface area contributed by atoms with Crippen molar-refractivity contribution in [2.45, 2.75) is 51.4 Å². The van der Waals surface area contributed by atoms with Gasteiger partial charge in [-0.1, -0.05) is 0 Å². The van der Waals surface area contributed by atoms with E-state index in [0.717, 1.165) is 47.2 Å². The van der Waals surface area contributed by atoms with Gasteiger partial charge in [0.1, 0.15) is 5.78 Å². The Balaban J connectivity index is 1.54. The van der Waals surface area contributed by atoms with Crippen molar-refractivity contribution in [3.8, 4) is 0 Å². The van der Waals surface area contributed by atoms with Gasteiger partial charge in [0.05, 0.1) is 0 Å². The van der Waals surface area contributed by atoms with Gasteiger partial charge in [-0.3, -0.25) is 4.79 Å². The third-order valence-corrected chi connectivity index (χ3v) is 8.48. The van der Waals surface area contributed by atoms with Crippen LogP contribution in [0.25, 0.3) is 0 Å². The van der Waals surface area contributed by atoms with Crippen molar-refractivity contribution in [3.63, 3.8) is 0 Å². The van der Waals surface area contributed by atoms with Crippen molar-refractivity contribution in [3.05, 3.63) is 0 Å². The number of carbonyl (C=O) groups excluding carboxylic acids is 1. The largest absolute Gasteiger partial charge is 0.299 e. The van der Waals surface area contributed by atoms with Gasteiger partial charge in [-0.15, -0.1) is 0 Å². The van der Waals surface area contributed by atoms with Crippen molar-refractivity contribution in [1.29, 1.82) is 0 Å². The topological polar surface area (TPSA) is 17.1 Å². The average Bonchev–Trinajstić information content (AvgIpc) is 3.27. The SMILES string of the molecule is O=C(C1CC1)C12CC3C[C@@H]4C5CC(CC41)CC2[C@H]5C3. The van der Waals surface area contributed by atoms with Gasteiger partial charge in [-0.2, -0.15) is 0 Å². The van der Waals surface area contributed by atoms with E-state index in [1.54, 1.807) is 6.42 Å². The molecule has 102 valence electrons. The molecule has 8 atom stereocenters. The van der Waals surface area contributed by atoms with Crippen LogP contribution in [0.3, 0.4) is 0 Å². The molecule has 19 heavy (non-hydrogen) atoms. The molecule has 0 saturated heterocycles. The second kappa shape index (κ2) is 2.97. The first-order valence-corrected chi connectivity index (χ1v) is 8.81. The van der Waals surface area contributed by atoms with Crippen molar-refractivity contribution < 1.29 is 4.79 Å². The lowest BCUT2D eigenvalue weighted by atomic mass is 9.30. The minimum absolute atomic E-state index is 0.227. The van der Waals surface area contributed by atoms with Gasteiger partial charge in [0.2, 0.25) is 0 Å². The lowest BCUT2D eigenvalue weighted by molar-refractivity contribution is -0.247. The maximum atomic E-state index is 13.2. The van der Waals surface area contributed by atoms with E-state index < -0.39 is 0 Å². The van der Waals surface area contributed by atoms with Gasteiger partial charge in [0.15, 0.2) is 0 Å². The molecule has 0 heterocycles. The van der Waals surface area contributed by atoms with Gasteiger partial charge in [0, 0.05) is 11.3 Å². The monoisotopic (exact) mass is 256 g/mol. The summed E-state index contributed by atoms with van der Waals surface area (Å²) in [6, 6.07) is 0. The van der Waals surface area contributed by atoms with Crippen molar-refractivity contribution >= 4 is 5.78 Å². The normalized spacial score (nSPS) is 63.9. The summed E-state index contributed by atoms with van der Waals surface area (Å²) < 4.78 is 0. The summed E-state index contributed by atoms with van der Waals surface area (Å²) >= 11 is 0. The number of carbonyl (C=O) groups is 1. The zero-order chi connectivity index (χ0) is 12.4. The van der Waals surface area contributed by atoms with E-state index in [1.165, 1.54) is 44.9 Å². The first-order valence-electron chi connectivity index (χ1n) is 8.81. The van der Waals surface area contributed by atoms with Crippen LogP contribution in [0.1, 0.15) is 51.4 Å². The fourth-order valence-electron chi connectivity index (χ4n) is 8.15. The predicted octanol–water partition coefficient (Wildman–Crippen LogP) is 3.67. The van der Waals surface area contributed by atoms with Gasteiger partial charge >= 0.3 is 0 Å². The van der Waals surface area contributed by atoms with Gasteiger partial charge < -0.3 is 0 Å². The summed E-state index contributed by atoms with van der Waals surface area (Å²) in [5, 5.41) is 0. The second-order valence-corrected chi connectivity index (χ2v) is 9.00. The van der Waals surface area contributed by atoms with E-state index in [0.29, 0.717) is 5.92 Å². The van der Waals surface area contributed by atoms with Gasteiger partial charge in [-0.25, -0.2) is 0 Å². The molecular weight excluding hydrogens is 232 g/mol. The summed E-state index contributed by atoms with van der Waals surface area (Å²) in [4.78, 5) is 13.2. The molecule has 0 N–H and O–H groups in total. The van der Waals surface area contributed by atoms with E-state index in [2.05, 4.69) is 0 Å². The molecule has 8 rings (SSSR count). The summed E-state index contributed by atoms with van der Waals surface area (Å²) in [6.07, 6.45) is 11.2. The van der Waals surface area contributed by atoms with Crippen LogP contribution in [-0.4, -0.2) is 5.78 Å². The Labute approximate surface area is 115 Å². The molecule has 8 aliphatic rings. The molecule has 0 amide bonds. The molecule has 0 spiro atoms. The molecule has 0 aromatic heterocycles. The highest BCUT2D eigenvalue weighted by molar-refractivity contribution is 5.90. The van der Waals surface area contributed by atoms with Crippen LogP contribution in [0.4, 0.5) is 0 Å². The molecule has 0 radical (unpaired) electrons. The summed E-state index contributed by atoms with van der Waals surface area (Å²) in [7, 11) is 0. The van der Waals surface area contributed by atoms with E-state index in [1.807, 2.05) is 0 Å². The molecule has 1 nitrogen and oxygen atoms in total. The quantitative estimate of drug-likeness (QED) is 0.736. The zero-order valence-electron chi connectivity index (χ0n) is 11.7. The van der Waals surface area contributed by atoms with E-state index in [9.17, 15) is 4.79 Å². The maximum Gasteiger partial charge on any atom is 0.142 e. The molecule has 8 aliphatic carbocycles. The molecule has 0 aliphatic heterocycles. The third-order valence-electron chi connectivity index (χ3n) is 8.48. The average molecular weight is 256 g/mol. The number of rotatable bonds is 2. The summed E-state index contributed by atoms with van der Waals surface area (Å²) in [6.45, 7) is 0. The van der Waals surface area contributed by atoms with Gasteiger partial charge in [0.25, 0.3) is 0 Å². The Kier molecular flexibility index (Phi) is 1.63. The zero-order valence-corrected chi connectivity index (χ0v) is 11.7. The van der Waals surface area contributed by atoms with Crippen LogP contribution in [0.2, 0.25) is 0 Å². The van der Waals surface area contributed by atoms with Crippen molar-refractivity contribution in [2.24, 2.45) is 52.8 Å². The minimum atomic E-state index is 0.227. The van der Waals surface area contributed by atoms with Gasteiger partial charge in [-0.05, 0) is 92.8 Å². The summed E-state index contributed by atoms with van der Waals surface area (Å²) in [5.41, 5.74) is 0.227. The van der Waals surface area contributed by atoms with Crippen LogP contribution >= 0.6 is 0 Å². The van der Waals surface area contributed by atoms with E-state index in [4.69, 9.17) is 0 Å². The van der Waals surface area contributed by atoms with Crippen molar-refractivity contribution in [1.82, 2.24) is 0 Å². The first-order chi connectivity index (χ1) is 9.27. The van der Waals surface area contributed by atoms with E-state index >= 15 is 0 Å².